The van der Waals surface area contributed by atoms with Crippen molar-refractivity contribution in [3.63, 3.8) is 0 Å². The molecular formula is C19H23N3O3. The minimum absolute atomic E-state index is 0.0835. The molecule has 1 N–H and O–H groups in total. The lowest BCUT2D eigenvalue weighted by Crippen LogP contribution is -2.39. The predicted octanol–water partition coefficient (Wildman–Crippen LogP) is 2.98. The predicted molar refractivity (Wildman–Crippen MR) is 94.0 cm³/mol. The van der Waals surface area contributed by atoms with E-state index in [0.717, 1.165) is 35.1 Å². The van der Waals surface area contributed by atoms with Crippen LogP contribution in [0.5, 0.6) is 0 Å². The maximum absolute atomic E-state index is 12.9. The number of carboxylic acids is 1. The summed E-state index contributed by atoms with van der Waals surface area (Å²) < 4.78 is 1.72. The van der Waals surface area contributed by atoms with Gasteiger partial charge in [0, 0.05) is 24.8 Å². The zero-order valence-corrected chi connectivity index (χ0v) is 14.8. The molecule has 2 aromatic rings. The van der Waals surface area contributed by atoms with Gasteiger partial charge in [-0.05, 0) is 44.7 Å². The van der Waals surface area contributed by atoms with Gasteiger partial charge in [-0.15, -0.1) is 0 Å². The number of likely N-dealkylation sites (tertiary alicyclic amines) is 1. The summed E-state index contributed by atoms with van der Waals surface area (Å²) >= 11 is 0. The third-order valence-corrected chi connectivity index (χ3v) is 4.87. The number of carboxylic acid groups (broad SMARTS) is 1. The number of rotatable bonds is 3. The topological polar surface area (TPSA) is 75.4 Å². The zero-order chi connectivity index (χ0) is 18.1. The van der Waals surface area contributed by atoms with Gasteiger partial charge >= 0.3 is 5.97 Å². The van der Waals surface area contributed by atoms with E-state index in [4.69, 9.17) is 5.11 Å². The number of hydrogen-bond acceptors (Lipinski definition) is 3. The normalized spacial score (nSPS) is 15.4. The number of carbonyl (C=O) groups is 2. The Kier molecular flexibility index (Phi) is 4.61. The van der Waals surface area contributed by atoms with Crippen molar-refractivity contribution >= 4 is 11.9 Å². The van der Waals surface area contributed by atoms with Gasteiger partial charge in [0.2, 0.25) is 0 Å². The van der Waals surface area contributed by atoms with E-state index in [1.165, 1.54) is 6.20 Å². The number of amides is 1. The Labute approximate surface area is 147 Å². The molecule has 1 fully saturated rings. The summed E-state index contributed by atoms with van der Waals surface area (Å²) in [4.78, 5) is 25.8. The molecule has 1 amide bonds. The first kappa shape index (κ1) is 17.2. The first-order valence-corrected chi connectivity index (χ1v) is 8.51. The molecule has 0 unspecified atom stereocenters. The number of hydrogen-bond donors (Lipinski definition) is 1. The monoisotopic (exact) mass is 341 g/mol. The van der Waals surface area contributed by atoms with Crippen LogP contribution < -0.4 is 0 Å². The van der Waals surface area contributed by atoms with Gasteiger partial charge in [-0.25, -0.2) is 4.79 Å². The molecular weight excluding hydrogens is 318 g/mol. The van der Waals surface area contributed by atoms with Crippen molar-refractivity contribution in [2.75, 3.05) is 13.1 Å². The van der Waals surface area contributed by atoms with Gasteiger partial charge in [-0.3, -0.25) is 9.48 Å². The van der Waals surface area contributed by atoms with Gasteiger partial charge in [0.05, 0.1) is 17.8 Å². The highest BCUT2D eigenvalue weighted by atomic mass is 16.4. The van der Waals surface area contributed by atoms with Gasteiger partial charge in [-0.1, -0.05) is 17.7 Å². The van der Waals surface area contributed by atoms with Gasteiger partial charge in [0.15, 0.2) is 0 Å². The fourth-order valence-electron chi connectivity index (χ4n) is 3.66. The third kappa shape index (κ3) is 3.43. The quantitative estimate of drug-likeness (QED) is 0.931. The van der Waals surface area contributed by atoms with E-state index >= 15 is 0 Å². The largest absolute Gasteiger partial charge is 0.478 e. The second-order valence-corrected chi connectivity index (χ2v) is 6.81. The van der Waals surface area contributed by atoms with E-state index < -0.39 is 5.97 Å². The van der Waals surface area contributed by atoms with Gasteiger partial charge < -0.3 is 10.0 Å². The lowest BCUT2D eigenvalue weighted by atomic mass is 9.97. The van der Waals surface area contributed by atoms with Crippen molar-refractivity contribution in [1.29, 1.82) is 0 Å². The minimum Gasteiger partial charge on any atom is -0.478 e. The highest BCUT2D eigenvalue weighted by molar-refractivity contribution is 5.97. The van der Waals surface area contributed by atoms with Crippen LogP contribution in [0.2, 0.25) is 0 Å². The summed E-state index contributed by atoms with van der Waals surface area (Å²) in [7, 11) is 0. The maximum Gasteiger partial charge on any atom is 0.338 e. The summed E-state index contributed by atoms with van der Waals surface area (Å²) in [5.74, 6) is -0.885. The van der Waals surface area contributed by atoms with Crippen LogP contribution in [-0.4, -0.2) is 44.8 Å². The molecule has 0 aliphatic carbocycles. The molecule has 1 saturated heterocycles. The molecule has 1 aromatic heterocycles. The Morgan fingerprint density at radius 1 is 1.12 bits per heavy atom. The molecule has 1 aromatic carbocycles. The van der Waals surface area contributed by atoms with E-state index in [1.54, 1.807) is 10.9 Å². The fraction of sp³-hybridized carbons (Fsp3) is 0.421. The first-order valence-electron chi connectivity index (χ1n) is 8.51. The number of aromatic nitrogens is 2. The van der Waals surface area contributed by atoms with Crippen molar-refractivity contribution in [3.8, 4) is 0 Å². The Hall–Kier alpha value is -2.63. The molecule has 0 saturated carbocycles. The number of carbonyl (C=O) groups excluding carboxylic acids is 1. The van der Waals surface area contributed by atoms with Crippen LogP contribution in [0.25, 0.3) is 0 Å². The van der Waals surface area contributed by atoms with Gasteiger partial charge in [0.1, 0.15) is 0 Å². The Balaban J connectivity index is 1.69. The van der Waals surface area contributed by atoms with Crippen LogP contribution in [0.1, 0.15) is 56.3 Å². The molecule has 1 aliphatic heterocycles. The van der Waals surface area contributed by atoms with Gasteiger partial charge in [0.25, 0.3) is 5.91 Å². The molecule has 25 heavy (non-hydrogen) atoms. The highest BCUT2D eigenvalue weighted by Crippen LogP contribution is 2.25. The van der Waals surface area contributed by atoms with Crippen molar-refractivity contribution in [3.05, 3.63) is 52.3 Å². The summed E-state index contributed by atoms with van der Waals surface area (Å²) in [6.07, 6.45) is 4.49. The maximum atomic E-state index is 12.9. The highest BCUT2D eigenvalue weighted by Gasteiger charge is 2.27. The van der Waals surface area contributed by atoms with Crippen LogP contribution >= 0.6 is 0 Å². The fourth-order valence-corrected chi connectivity index (χ4v) is 3.66. The summed E-state index contributed by atoms with van der Waals surface area (Å²) in [6, 6.07) is 4.23. The molecule has 0 radical (unpaired) electrons. The third-order valence-electron chi connectivity index (χ3n) is 4.87. The molecule has 0 bridgehead atoms. The number of aryl methyl sites for hydroxylation is 3. The van der Waals surface area contributed by atoms with Crippen LogP contribution in [0, 0.1) is 20.8 Å². The van der Waals surface area contributed by atoms with Gasteiger partial charge in [-0.2, -0.15) is 5.10 Å². The molecule has 1 aliphatic rings. The Bertz CT molecular complexity index is 794. The number of piperidine rings is 1. The van der Waals surface area contributed by atoms with Crippen molar-refractivity contribution in [2.24, 2.45) is 0 Å². The van der Waals surface area contributed by atoms with Crippen LogP contribution in [0.3, 0.4) is 0 Å². The smallest absolute Gasteiger partial charge is 0.338 e. The first-order chi connectivity index (χ1) is 11.9. The molecule has 6 nitrogen and oxygen atoms in total. The molecule has 6 heteroatoms. The van der Waals surface area contributed by atoms with E-state index in [2.05, 4.69) is 5.10 Å². The summed E-state index contributed by atoms with van der Waals surface area (Å²) in [5.41, 5.74) is 4.20. The van der Waals surface area contributed by atoms with E-state index in [1.807, 2.05) is 37.8 Å². The molecule has 132 valence electrons. The van der Waals surface area contributed by atoms with Crippen molar-refractivity contribution in [1.82, 2.24) is 14.7 Å². The Morgan fingerprint density at radius 3 is 2.24 bits per heavy atom. The molecule has 2 heterocycles. The Morgan fingerprint density at radius 2 is 1.72 bits per heavy atom. The van der Waals surface area contributed by atoms with Crippen molar-refractivity contribution in [2.45, 2.75) is 39.7 Å². The molecule has 3 rings (SSSR count). The lowest BCUT2D eigenvalue weighted by molar-refractivity contribution is 0.0687. The molecule has 0 spiro atoms. The second-order valence-electron chi connectivity index (χ2n) is 6.81. The lowest BCUT2D eigenvalue weighted by Gasteiger charge is -2.33. The zero-order valence-electron chi connectivity index (χ0n) is 14.8. The number of aromatic carboxylic acids is 1. The number of benzene rings is 1. The van der Waals surface area contributed by atoms with Crippen LogP contribution in [-0.2, 0) is 0 Å². The van der Waals surface area contributed by atoms with Crippen molar-refractivity contribution < 1.29 is 14.7 Å². The number of nitrogens with zero attached hydrogens (tertiary/aromatic N) is 3. The SMILES string of the molecule is Cc1cc(C)c(C(=O)N2CCC(n3cc(C(=O)O)cn3)CC2)c(C)c1. The van der Waals surface area contributed by atoms with E-state index in [-0.39, 0.29) is 17.5 Å². The molecule has 0 atom stereocenters. The average Bonchev–Trinajstić information content (AvgIpc) is 3.04. The average molecular weight is 341 g/mol. The van der Waals surface area contributed by atoms with Crippen LogP contribution in [0.15, 0.2) is 24.5 Å². The van der Waals surface area contributed by atoms with E-state index in [9.17, 15) is 9.59 Å². The summed E-state index contributed by atoms with van der Waals surface area (Å²) in [6.45, 7) is 7.31. The minimum atomic E-state index is -0.968. The van der Waals surface area contributed by atoms with Crippen LogP contribution in [0.4, 0.5) is 0 Å². The van der Waals surface area contributed by atoms with E-state index in [0.29, 0.717) is 13.1 Å². The summed E-state index contributed by atoms with van der Waals surface area (Å²) in [5, 5.41) is 13.2. The second kappa shape index (κ2) is 6.70. The standard InChI is InChI=1S/C19H23N3O3/c1-12-8-13(2)17(14(3)9-12)18(23)21-6-4-16(5-7-21)22-11-15(10-20-22)19(24)25/h8-11,16H,4-7H2,1-3H3,(H,24,25).